The molecule has 0 spiro atoms. The Morgan fingerprint density at radius 2 is 2.10 bits per heavy atom. The molecule has 0 unspecified atom stereocenters. The molecule has 0 fully saturated rings. The molecule has 1 heterocycles. The molecule has 0 bridgehead atoms. The van der Waals surface area contributed by atoms with Crippen LogP contribution in [0.25, 0.3) is 0 Å². The summed E-state index contributed by atoms with van der Waals surface area (Å²) in [5, 5.41) is 9.69. The molecule has 5 heteroatoms. The molecule has 1 aromatic carbocycles. The Balaban J connectivity index is 2.08. The first-order valence-electron chi connectivity index (χ1n) is 6.26. The van der Waals surface area contributed by atoms with Crippen molar-refractivity contribution >= 4 is 11.3 Å². The molecule has 104 valence electrons. The third-order valence-corrected chi connectivity index (χ3v) is 3.86. The molecule has 0 aliphatic carbocycles. The predicted molar refractivity (Wildman–Crippen MR) is 77.7 cm³/mol. The molecule has 0 N–H and O–H groups in total. The van der Waals surface area contributed by atoms with Crippen LogP contribution in [0.15, 0.2) is 24.3 Å². The maximum absolute atomic E-state index is 8.82. The number of para-hydroxylation sites is 1. The van der Waals surface area contributed by atoms with E-state index >= 15 is 0 Å². The van der Waals surface area contributed by atoms with Gasteiger partial charge < -0.3 is 9.47 Å². The topological polar surface area (TPSA) is 55.1 Å². The van der Waals surface area contributed by atoms with Crippen molar-refractivity contribution in [2.24, 2.45) is 0 Å². The molecule has 0 saturated heterocycles. The van der Waals surface area contributed by atoms with E-state index < -0.39 is 0 Å². The number of aromatic nitrogens is 1. The number of nitrogens with zero attached hydrogens (tertiary/aromatic N) is 2. The first-order valence-corrected chi connectivity index (χ1v) is 7.08. The van der Waals surface area contributed by atoms with E-state index in [1.807, 2.05) is 31.2 Å². The van der Waals surface area contributed by atoms with Crippen molar-refractivity contribution in [3.63, 3.8) is 0 Å². The second-order valence-corrected chi connectivity index (χ2v) is 5.47. The first-order chi connectivity index (χ1) is 9.74. The maximum Gasteiger partial charge on any atom is 0.140 e. The molecule has 2 aromatic rings. The van der Waals surface area contributed by atoms with Crippen molar-refractivity contribution < 1.29 is 9.47 Å². The van der Waals surface area contributed by atoms with Crippen LogP contribution in [0, 0.1) is 18.3 Å². The Morgan fingerprint density at radius 3 is 2.80 bits per heavy atom. The van der Waals surface area contributed by atoms with E-state index in [0.717, 1.165) is 26.9 Å². The van der Waals surface area contributed by atoms with Gasteiger partial charge in [0.05, 0.1) is 24.8 Å². The lowest BCUT2D eigenvalue weighted by molar-refractivity contribution is 0.181. The SMILES string of the molecule is COCc1nc(COc2ccccc2C)sc1CC#N. The molecule has 0 amide bonds. The van der Waals surface area contributed by atoms with E-state index in [2.05, 4.69) is 11.1 Å². The second-order valence-electron chi connectivity index (χ2n) is 4.30. The fourth-order valence-electron chi connectivity index (χ4n) is 1.82. The fraction of sp³-hybridized carbons (Fsp3) is 0.333. The number of hydrogen-bond acceptors (Lipinski definition) is 5. The number of rotatable bonds is 6. The van der Waals surface area contributed by atoms with Gasteiger partial charge in [-0.2, -0.15) is 5.26 Å². The number of aryl methyl sites for hydroxylation is 1. The fourth-order valence-corrected chi connectivity index (χ4v) is 2.73. The van der Waals surface area contributed by atoms with Crippen LogP contribution in [0.5, 0.6) is 5.75 Å². The van der Waals surface area contributed by atoms with Crippen LogP contribution in [-0.2, 0) is 24.4 Å². The minimum atomic E-state index is 0.362. The Hall–Kier alpha value is -1.90. The molecule has 0 saturated carbocycles. The molecule has 4 nitrogen and oxygen atoms in total. The van der Waals surface area contributed by atoms with E-state index in [4.69, 9.17) is 14.7 Å². The molecular formula is C15H16N2O2S. The van der Waals surface area contributed by atoms with E-state index in [0.29, 0.717) is 19.6 Å². The van der Waals surface area contributed by atoms with Gasteiger partial charge in [0.2, 0.25) is 0 Å². The third kappa shape index (κ3) is 3.56. The number of thiazole rings is 1. The van der Waals surface area contributed by atoms with Crippen LogP contribution >= 0.6 is 11.3 Å². The van der Waals surface area contributed by atoms with Crippen molar-refractivity contribution in [2.45, 2.75) is 26.6 Å². The molecule has 20 heavy (non-hydrogen) atoms. The maximum atomic E-state index is 8.82. The van der Waals surface area contributed by atoms with E-state index in [9.17, 15) is 0 Å². The van der Waals surface area contributed by atoms with Crippen LogP contribution in [0.1, 0.15) is 21.1 Å². The van der Waals surface area contributed by atoms with Crippen molar-refractivity contribution in [1.82, 2.24) is 4.98 Å². The monoisotopic (exact) mass is 288 g/mol. The summed E-state index contributed by atoms with van der Waals surface area (Å²) in [6.07, 6.45) is 0.362. The largest absolute Gasteiger partial charge is 0.486 e. The highest BCUT2D eigenvalue weighted by atomic mass is 32.1. The van der Waals surface area contributed by atoms with Crippen molar-refractivity contribution in [3.8, 4) is 11.8 Å². The number of benzene rings is 1. The molecule has 0 aliphatic heterocycles. The lowest BCUT2D eigenvalue weighted by Gasteiger charge is -2.06. The zero-order chi connectivity index (χ0) is 14.4. The van der Waals surface area contributed by atoms with E-state index in [1.165, 1.54) is 11.3 Å². The Bertz CT molecular complexity index is 617. The Morgan fingerprint density at radius 1 is 1.30 bits per heavy atom. The smallest absolute Gasteiger partial charge is 0.140 e. The van der Waals surface area contributed by atoms with Gasteiger partial charge in [0.1, 0.15) is 17.4 Å². The zero-order valence-corrected chi connectivity index (χ0v) is 12.4. The molecule has 0 radical (unpaired) electrons. The summed E-state index contributed by atoms with van der Waals surface area (Å²) >= 11 is 1.51. The summed E-state index contributed by atoms with van der Waals surface area (Å²) in [7, 11) is 1.62. The highest BCUT2D eigenvalue weighted by Crippen LogP contribution is 2.23. The van der Waals surface area contributed by atoms with Gasteiger partial charge in [0, 0.05) is 12.0 Å². The summed E-state index contributed by atoms with van der Waals surface area (Å²) in [5.41, 5.74) is 1.93. The molecule has 2 rings (SSSR count). The van der Waals surface area contributed by atoms with Gasteiger partial charge in [-0.1, -0.05) is 18.2 Å². The van der Waals surface area contributed by atoms with Gasteiger partial charge >= 0.3 is 0 Å². The summed E-state index contributed by atoms with van der Waals surface area (Å²) in [4.78, 5) is 5.44. The standard InChI is InChI=1S/C15H16N2O2S/c1-11-5-3-4-6-13(11)19-10-15-17-12(9-18-2)14(20-15)7-8-16/h3-6H,7,9-10H2,1-2H3. The number of methoxy groups -OCH3 is 1. The number of nitriles is 1. The van der Waals surface area contributed by atoms with Crippen molar-refractivity contribution in [1.29, 1.82) is 5.26 Å². The minimum absolute atomic E-state index is 0.362. The lowest BCUT2D eigenvalue weighted by atomic mass is 10.2. The van der Waals surface area contributed by atoms with Crippen LogP contribution in [0.4, 0.5) is 0 Å². The average molecular weight is 288 g/mol. The van der Waals surface area contributed by atoms with Gasteiger partial charge in [-0.3, -0.25) is 0 Å². The molecular weight excluding hydrogens is 272 g/mol. The van der Waals surface area contributed by atoms with Gasteiger partial charge in [-0.25, -0.2) is 4.98 Å². The highest BCUT2D eigenvalue weighted by molar-refractivity contribution is 7.11. The quantitative estimate of drug-likeness (QED) is 0.818. The first kappa shape index (κ1) is 14.5. The third-order valence-electron chi connectivity index (χ3n) is 2.79. The minimum Gasteiger partial charge on any atom is -0.486 e. The summed E-state index contributed by atoms with van der Waals surface area (Å²) in [5.74, 6) is 0.859. The van der Waals surface area contributed by atoms with Crippen molar-refractivity contribution in [3.05, 3.63) is 45.4 Å². The second kappa shape index (κ2) is 7.04. The lowest BCUT2D eigenvalue weighted by Crippen LogP contribution is -1.97. The molecule has 1 aromatic heterocycles. The summed E-state index contributed by atoms with van der Waals surface area (Å²) in [6.45, 7) is 2.85. The van der Waals surface area contributed by atoms with Gasteiger partial charge in [0.15, 0.2) is 0 Å². The molecule has 0 atom stereocenters. The number of hydrogen-bond donors (Lipinski definition) is 0. The van der Waals surface area contributed by atoms with Gasteiger partial charge in [-0.05, 0) is 18.6 Å². The van der Waals surface area contributed by atoms with E-state index in [-0.39, 0.29) is 0 Å². The number of ether oxygens (including phenoxy) is 2. The van der Waals surface area contributed by atoms with Crippen LogP contribution in [-0.4, -0.2) is 12.1 Å². The predicted octanol–water partition coefficient (Wildman–Crippen LogP) is 3.24. The Labute approximate surface area is 122 Å². The zero-order valence-electron chi connectivity index (χ0n) is 11.5. The van der Waals surface area contributed by atoms with Gasteiger partial charge in [0.25, 0.3) is 0 Å². The van der Waals surface area contributed by atoms with Crippen molar-refractivity contribution in [2.75, 3.05) is 7.11 Å². The van der Waals surface area contributed by atoms with Crippen LogP contribution in [0.3, 0.4) is 0 Å². The molecule has 0 aliphatic rings. The summed E-state index contributed by atoms with van der Waals surface area (Å²) < 4.78 is 10.9. The highest BCUT2D eigenvalue weighted by Gasteiger charge is 2.11. The average Bonchev–Trinajstić information content (AvgIpc) is 2.81. The van der Waals surface area contributed by atoms with Crippen LogP contribution in [0.2, 0.25) is 0 Å². The van der Waals surface area contributed by atoms with Crippen LogP contribution < -0.4 is 4.74 Å². The normalized spacial score (nSPS) is 10.2. The van der Waals surface area contributed by atoms with Gasteiger partial charge in [-0.15, -0.1) is 11.3 Å². The van der Waals surface area contributed by atoms with E-state index in [1.54, 1.807) is 7.11 Å². The summed E-state index contributed by atoms with van der Waals surface area (Å²) in [6, 6.07) is 10.0. The Kier molecular flexibility index (Phi) is 5.10.